The molecule has 0 unspecified atom stereocenters. The SMILES string of the molecule is CC(C)c1ccc2c(Nc3cc(OCc4cccc(Br)c4)ccc3Sc3ccc(O)cc3)ncnc2n1. The van der Waals surface area contributed by atoms with Gasteiger partial charge in [0.25, 0.3) is 0 Å². The molecule has 186 valence electrons. The van der Waals surface area contributed by atoms with E-state index >= 15 is 0 Å². The van der Waals surface area contributed by atoms with Gasteiger partial charge in [0, 0.05) is 26.0 Å². The van der Waals surface area contributed by atoms with Gasteiger partial charge in [0.15, 0.2) is 5.65 Å². The monoisotopic (exact) mass is 572 g/mol. The van der Waals surface area contributed by atoms with Crippen LogP contribution in [0.25, 0.3) is 11.0 Å². The first-order valence-corrected chi connectivity index (χ1v) is 13.4. The van der Waals surface area contributed by atoms with Crippen LogP contribution in [0.3, 0.4) is 0 Å². The molecule has 0 fully saturated rings. The van der Waals surface area contributed by atoms with E-state index < -0.39 is 0 Å². The lowest BCUT2D eigenvalue weighted by Gasteiger charge is -2.15. The van der Waals surface area contributed by atoms with Crippen LogP contribution in [0.15, 0.2) is 99.5 Å². The molecule has 0 atom stereocenters. The highest BCUT2D eigenvalue weighted by Crippen LogP contribution is 2.38. The average Bonchev–Trinajstić information content (AvgIpc) is 2.90. The first kappa shape index (κ1) is 25.0. The van der Waals surface area contributed by atoms with Crippen LogP contribution in [0.4, 0.5) is 11.5 Å². The van der Waals surface area contributed by atoms with Gasteiger partial charge >= 0.3 is 0 Å². The van der Waals surface area contributed by atoms with Gasteiger partial charge in [-0.05, 0) is 72.1 Å². The zero-order chi connectivity index (χ0) is 25.8. The lowest BCUT2D eigenvalue weighted by molar-refractivity contribution is 0.306. The van der Waals surface area contributed by atoms with E-state index in [9.17, 15) is 5.11 Å². The molecule has 0 amide bonds. The third kappa shape index (κ3) is 6.21. The number of anilines is 2. The van der Waals surface area contributed by atoms with Crippen molar-refractivity contribution < 1.29 is 9.84 Å². The highest BCUT2D eigenvalue weighted by atomic mass is 79.9. The van der Waals surface area contributed by atoms with E-state index in [4.69, 9.17) is 9.72 Å². The quantitative estimate of drug-likeness (QED) is 0.194. The number of ether oxygens (including phenoxy) is 1. The molecule has 2 aromatic heterocycles. The largest absolute Gasteiger partial charge is 0.508 e. The fourth-order valence-electron chi connectivity index (χ4n) is 3.73. The molecule has 5 rings (SSSR count). The van der Waals surface area contributed by atoms with E-state index in [0.717, 1.165) is 42.3 Å². The maximum atomic E-state index is 9.67. The highest BCUT2D eigenvalue weighted by molar-refractivity contribution is 9.10. The van der Waals surface area contributed by atoms with E-state index in [2.05, 4.69) is 45.1 Å². The minimum absolute atomic E-state index is 0.236. The molecule has 3 aromatic carbocycles. The summed E-state index contributed by atoms with van der Waals surface area (Å²) in [7, 11) is 0. The standard InChI is InChI=1S/C29H25BrN4O2S/c1-18(2)25-12-11-24-28(33-25)31-17-32-29(24)34-26-15-22(36-16-19-4-3-5-20(30)14-19)8-13-27(26)37-23-9-6-21(35)7-10-23/h3-15,17-18,35H,16H2,1-2H3,(H,31,32,33,34). The number of benzene rings is 3. The number of hydrogen-bond donors (Lipinski definition) is 2. The van der Waals surface area contributed by atoms with Crippen molar-refractivity contribution >= 4 is 50.2 Å². The number of pyridine rings is 1. The number of nitrogens with zero attached hydrogens (tertiary/aromatic N) is 3. The van der Waals surface area contributed by atoms with Crippen LogP contribution in [0, 0.1) is 0 Å². The van der Waals surface area contributed by atoms with Crippen LogP contribution in [0.5, 0.6) is 11.5 Å². The lowest BCUT2D eigenvalue weighted by Crippen LogP contribution is -2.01. The van der Waals surface area contributed by atoms with E-state index in [0.29, 0.717) is 24.0 Å². The second kappa shape index (κ2) is 11.2. The summed E-state index contributed by atoms with van der Waals surface area (Å²) >= 11 is 5.10. The second-order valence-electron chi connectivity index (χ2n) is 8.78. The normalized spacial score (nSPS) is 11.1. The molecule has 0 aliphatic heterocycles. The van der Waals surface area contributed by atoms with Gasteiger partial charge in [-0.15, -0.1) is 0 Å². The molecule has 6 nitrogen and oxygen atoms in total. The number of hydrogen-bond acceptors (Lipinski definition) is 7. The van der Waals surface area contributed by atoms with Gasteiger partial charge in [-0.3, -0.25) is 0 Å². The number of aromatic hydroxyl groups is 1. The lowest BCUT2D eigenvalue weighted by atomic mass is 10.1. The van der Waals surface area contributed by atoms with E-state index in [1.54, 1.807) is 23.9 Å². The van der Waals surface area contributed by atoms with Crippen LogP contribution in [0.1, 0.15) is 31.0 Å². The van der Waals surface area contributed by atoms with Crippen molar-refractivity contribution in [1.29, 1.82) is 0 Å². The maximum Gasteiger partial charge on any atom is 0.164 e. The number of rotatable bonds is 8. The molecule has 5 aromatic rings. The third-order valence-corrected chi connectivity index (χ3v) is 7.25. The molecule has 0 spiro atoms. The molecule has 0 saturated heterocycles. The predicted molar refractivity (Wildman–Crippen MR) is 152 cm³/mol. The van der Waals surface area contributed by atoms with Crippen LogP contribution < -0.4 is 10.1 Å². The minimum Gasteiger partial charge on any atom is -0.508 e. The van der Waals surface area contributed by atoms with Crippen molar-refractivity contribution in [3.63, 3.8) is 0 Å². The number of aromatic nitrogens is 3. The zero-order valence-electron chi connectivity index (χ0n) is 20.4. The molecule has 2 heterocycles. The van der Waals surface area contributed by atoms with Crippen molar-refractivity contribution in [2.24, 2.45) is 0 Å². The summed E-state index contributed by atoms with van der Waals surface area (Å²) in [6, 6.07) is 25.2. The summed E-state index contributed by atoms with van der Waals surface area (Å²) in [5.41, 5.74) is 3.56. The summed E-state index contributed by atoms with van der Waals surface area (Å²) in [4.78, 5) is 15.6. The maximum absolute atomic E-state index is 9.67. The first-order chi connectivity index (χ1) is 17.9. The number of halogens is 1. The molecule has 0 saturated carbocycles. The van der Waals surface area contributed by atoms with Crippen LogP contribution >= 0.6 is 27.7 Å². The number of nitrogens with one attached hydrogen (secondary N) is 1. The van der Waals surface area contributed by atoms with Crippen LogP contribution in [-0.2, 0) is 6.61 Å². The van der Waals surface area contributed by atoms with Crippen molar-refractivity contribution in [1.82, 2.24) is 15.0 Å². The Morgan fingerprint density at radius 2 is 1.81 bits per heavy atom. The Morgan fingerprint density at radius 3 is 2.59 bits per heavy atom. The third-order valence-electron chi connectivity index (χ3n) is 5.67. The van der Waals surface area contributed by atoms with Gasteiger partial charge in [0.05, 0.1) is 11.1 Å². The minimum atomic E-state index is 0.236. The van der Waals surface area contributed by atoms with Crippen molar-refractivity contribution in [3.8, 4) is 11.5 Å². The predicted octanol–water partition coefficient (Wildman–Crippen LogP) is 8.09. The molecular weight excluding hydrogens is 548 g/mol. The first-order valence-electron chi connectivity index (χ1n) is 11.8. The molecule has 0 aliphatic rings. The molecule has 37 heavy (non-hydrogen) atoms. The average molecular weight is 574 g/mol. The molecule has 0 radical (unpaired) electrons. The summed E-state index contributed by atoms with van der Waals surface area (Å²) < 4.78 is 7.14. The van der Waals surface area contributed by atoms with Gasteiger partial charge in [-0.1, -0.05) is 53.7 Å². The van der Waals surface area contributed by atoms with Crippen LogP contribution in [-0.4, -0.2) is 20.1 Å². The number of phenols is 1. The molecular formula is C29H25BrN4O2S. The summed E-state index contributed by atoms with van der Waals surface area (Å²) in [6.07, 6.45) is 1.53. The zero-order valence-corrected chi connectivity index (χ0v) is 22.8. The van der Waals surface area contributed by atoms with E-state index in [1.807, 2.05) is 66.7 Å². The van der Waals surface area contributed by atoms with Crippen molar-refractivity contribution in [2.75, 3.05) is 5.32 Å². The Kier molecular flexibility index (Phi) is 7.58. The topological polar surface area (TPSA) is 80.2 Å². The Bertz CT molecular complexity index is 1540. The summed E-state index contributed by atoms with van der Waals surface area (Å²) in [5, 5.41) is 14.0. The van der Waals surface area contributed by atoms with Crippen molar-refractivity contribution in [2.45, 2.75) is 36.2 Å². The highest BCUT2D eigenvalue weighted by Gasteiger charge is 2.13. The fourth-order valence-corrected chi connectivity index (χ4v) is 5.05. The number of phenolic OH excluding ortho intramolecular Hbond substituents is 1. The fraction of sp³-hybridized carbons (Fsp3) is 0.138. The molecule has 8 heteroatoms. The molecule has 0 aliphatic carbocycles. The van der Waals surface area contributed by atoms with E-state index in [1.165, 1.54) is 6.33 Å². The number of fused-ring (bicyclic) bond motifs is 1. The Hall–Kier alpha value is -3.62. The Balaban J connectivity index is 1.48. The second-order valence-corrected chi connectivity index (χ2v) is 10.8. The van der Waals surface area contributed by atoms with Gasteiger partial charge in [-0.2, -0.15) is 0 Å². The van der Waals surface area contributed by atoms with Crippen LogP contribution in [0.2, 0.25) is 0 Å². The van der Waals surface area contributed by atoms with E-state index in [-0.39, 0.29) is 5.75 Å². The van der Waals surface area contributed by atoms with Gasteiger partial charge in [-0.25, -0.2) is 15.0 Å². The smallest absolute Gasteiger partial charge is 0.164 e. The van der Waals surface area contributed by atoms with Gasteiger partial charge in [0.2, 0.25) is 0 Å². The van der Waals surface area contributed by atoms with Gasteiger partial charge < -0.3 is 15.2 Å². The molecule has 0 bridgehead atoms. The summed E-state index contributed by atoms with van der Waals surface area (Å²) in [6.45, 7) is 4.67. The summed E-state index contributed by atoms with van der Waals surface area (Å²) in [5.74, 6) is 1.95. The molecule has 2 N–H and O–H groups in total. The van der Waals surface area contributed by atoms with Gasteiger partial charge in [0.1, 0.15) is 30.3 Å². The Labute approximate surface area is 228 Å². The van der Waals surface area contributed by atoms with Crippen molar-refractivity contribution in [3.05, 3.63) is 101 Å². The Morgan fingerprint density at radius 1 is 0.973 bits per heavy atom.